The number of amides is 6. The van der Waals surface area contributed by atoms with Crippen LogP contribution in [0.15, 0.2) is 103 Å². The fraction of sp³-hybridized carbons (Fsp3) is 0.255. The number of nitrogens with zero attached hydrogens (tertiary/aromatic N) is 5. The molecule has 0 aromatic heterocycles. The van der Waals surface area contributed by atoms with Gasteiger partial charge in [0.15, 0.2) is 0 Å². The fourth-order valence-corrected chi connectivity index (χ4v) is 9.77. The van der Waals surface area contributed by atoms with Crippen LogP contribution in [-0.4, -0.2) is 80.2 Å². The summed E-state index contributed by atoms with van der Waals surface area (Å²) in [6.07, 6.45) is 6.04. The highest BCUT2D eigenvalue weighted by molar-refractivity contribution is 6.40. The molecule has 6 aromatic carbocycles. The molecule has 0 aliphatic carbocycles. The zero-order valence-electron chi connectivity index (χ0n) is 35.2. The van der Waals surface area contributed by atoms with Gasteiger partial charge >= 0.3 is 0 Å². The Labute approximate surface area is 364 Å². The largest absolute Gasteiger partial charge is 0.497 e. The summed E-state index contributed by atoms with van der Waals surface area (Å²) in [5.41, 5.74) is 4.08. The first-order valence-corrected chi connectivity index (χ1v) is 21.7. The van der Waals surface area contributed by atoms with E-state index in [1.807, 2.05) is 30.3 Å². The van der Waals surface area contributed by atoms with Crippen LogP contribution in [0.5, 0.6) is 5.75 Å². The molecule has 0 bridgehead atoms. The second-order valence-corrected chi connectivity index (χ2v) is 16.5. The number of hydrogen-bond acceptors (Lipinski definition) is 9. The Hall–Kier alpha value is -7.34. The molecule has 316 valence electrons. The lowest BCUT2D eigenvalue weighted by Crippen LogP contribution is -2.46. The lowest BCUT2D eigenvalue weighted by Gasteiger charge is -2.38. The minimum absolute atomic E-state index is 0.160. The van der Waals surface area contributed by atoms with Crippen molar-refractivity contribution in [2.75, 3.05) is 59.4 Å². The number of carbonyl (C=O) groups is 6. The molecular weight excluding hydrogens is 795 g/mol. The van der Waals surface area contributed by atoms with Gasteiger partial charge in [0.05, 0.1) is 18.5 Å². The summed E-state index contributed by atoms with van der Waals surface area (Å²) in [6, 6.07) is 29.7. The van der Waals surface area contributed by atoms with E-state index in [0.29, 0.717) is 34.9 Å². The van der Waals surface area contributed by atoms with Gasteiger partial charge in [-0.2, -0.15) is 0 Å². The maximum absolute atomic E-state index is 14.4. The van der Waals surface area contributed by atoms with Gasteiger partial charge < -0.3 is 14.5 Å². The Morgan fingerprint density at radius 1 is 0.460 bits per heavy atom. The Bertz CT molecular complexity index is 2840. The summed E-state index contributed by atoms with van der Waals surface area (Å²) in [5.74, 6) is -2.39. The van der Waals surface area contributed by atoms with Crippen molar-refractivity contribution in [1.29, 1.82) is 0 Å². The van der Waals surface area contributed by atoms with Crippen LogP contribution in [0.2, 0.25) is 0 Å². The van der Waals surface area contributed by atoms with Crippen LogP contribution < -0.4 is 24.3 Å². The number of rotatable bonds is 12. The van der Waals surface area contributed by atoms with E-state index in [1.165, 1.54) is 23.1 Å². The minimum atomic E-state index is -0.647. The number of imide groups is 3. The number of carbonyl (C=O) groups excluding carboxylic acids is 6. The van der Waals surface area contributed by atoms with E-state index in [4.69, 9.17) is 4.74 Å². The van der Waals surface area contributed by atoms with Gasteiger partial charge in [0.1, 0.15) is 5.75 Å². The first-order chi connectivity index (χ1) is 30.7. The van der Waals surface area contributed by atoms with E-state index >= 15 is 0 Å². The van der Waals surface area contributed by atoms with Crippen LogP contribution in [0, 0.1) is 0 Å². The second kappa shape index (κ2) is 15.8. The smallest absolute Gasteiger partial charge is 0.265 e. The highest BCUT2D eigenvalue weighted by Gasteiger charge is 2.41. The normalized spacial score (nSPS) is 16.0. The van der Waals surface area contributed by atoms with Gasteiger partial charge in [0.25, 0.3) is 35.4 Å². The van der Waals surface area contributed by atoms with Crippen molar-refractivity contribution in [3.05, 3.63) is 137 Å². The van der Waals surface area contributed by atoms with Crippen molar-refractivity contribution >= 4 is 79.7 Å². The van der Waals surface area contributed by atoms with Gasteiger partial charge in [-0.05, 0) is 91.3 Å². The monoisotopic (exact) mass is 839 g/mol. The third kappa shape index (κ3) is 6.42. The van der Waals surface area contributed by atoms with Gasteiger partial charge in [-0.15, -0.1) is 0 Å². The van der Waals surface area contributed by atoms with Crippen LogP contribution in [-0.2, 0) is 0 Å². The molecule has 4 aliphatic heterocycles. The van der Waals surface area contributed by atoms with Crippen molar-refractivity contribution in [2.24, 2.45) is 0 Å². The van der Waals surface area contributed by atoms with Crippen molar-refractivity contribution in [2.45, 2.75) is 45.4 Å². The topological polar surface area (TPSA) is 128 Å². The quantitative estimate of drug-likeness (QED) is 0.0877. The number of piperazine rings is 1. The van der Waals surface area contributed by atoms with Gasteiger partial charge in [0.2, 0.25) is 0 Å². The second-order valence-electron chi connectivity index (χ2n) is 16.5. The van der Waals surface area contributed by atoms with Gasteiger partial charge in [0, 0.05) is 99.0 Å². The first kappa shape index (κ1) is 39.8. The molecule has 10 rings (SSSR count). The Balaban J connectivity index is 0.912. The van der Waals surface area contributed by atoms with Crippen molar-refractivity contribution in [1.82, 2.24) is 4.90 Å². The molecule has 63 heavy (non-hydrogen) atoms. The van der Waals surface area contributed by atoms with E-state index in [1.54, 1.807) is 49.6 Å². The Morgan fingerprint density at radius 2 is 0.937 bits per heavy atom. The van der Waals surface area contributed by atoms with Crippen LogP contribution >= 0.6 is 0 Å². The molecule has 4 heterocycles. The molecule has 1 fully saturated rings. The third-order valence-corrected chi connectivity index (χ3v) is 13.0. The van der Waals surface area contributed by atoms with Crippen LogP contribution in [0.4, 0.5) is 22.7 Å². The molecule has 1 saturated heterocycles. The van der Waals surface area contributed by atoms with E-state index < -0.39 is 35.4 Å². The summed E-state index contributed by atoms with van der Waals surface area (Å²) in [7, 11) is 1.65. The van der Waals surface area contributed by atoms with Crippen LogP contribution in [0.3, 0.4) is 0 Å². The standard InChI is InChI=1S/C51H45N5O7/c1-3-4-5-6-7-8-25-54-46(57)38-19-21-40-45-41(22-20-39(44(38)45)47(54)58)51(62)56(50(40)61)33-12-9-11-32(30-33)55-48(59)36-14-10-13-35-42(24-23-37(43(35)36)49(55)60)53-28-26-52(27-29-53)31-15-17-34(63-2)18-16-31/h9-24,30H,3-8,25-29H2,1-2H3. The van der Waals surface area contributed by atoms with Crippen molar-refractivity contribution < 1.29 is 33.5 Å². The lowest BCUT2D eigenvalue weighted by atomic mass is 9.85. The molecule has 0 spiro atoms. The number of methoxy groups -OCH3 is 1. The first-order valence-electron chi connectivity index (χ1n) is 21.7. The minimum Gasteiger partial charge on any atom is -0.497 e. The highest BCUT2D eigenvalue weighted by atomic mass is 16.5. The van der Waals surface area contributed by atoms with Gasteiger partial charge in [-0.25, -0.2) is 9.80 Å². The highest BCUT2D eigenvalue weighted by Crippen LogP contribution is 2.42. The zero-order valence-corrected chi connectivity index (χ0v) is 35.2. The van der Waals surface area contributed by atoms with E-state index in [0.717, 1.165) is 90.6 Å². The molecule has 12 nitrogen and oxygen atoms in total. The summed E-state index contributed by atoms with van der Waals surface area (Å²) in [6.45, 7) is 5.52. The predicted molar refractivity (Wildman–Crippen MR) is 243 cm³/mol. The number of anilines is 4. The summed E-state index contributed by atoms with van der Waals surface area (Å²) in [4.78, 5) is 93.1. The predicted octanol–water partition coefficient (Wildman–Crippen LogP) is 8.89. The number of hydrogen-bond donors (Lipinski definition) is 0. The van der Waals surface area contributed by atoms with Crippen LogP contribution in [0.1, 0.15) is 108 Å². The molecular formula is C51H45N5O7. The molecule has 0 saturated carbocycles. The molecule has 0 unspecified atom stereocenters. The molecule has 4 aliphatic rings. The van der Waals surface area contributed by atoms with E-state index in [9.17, 15) is 28.8 Å². The van der Waals surface area contributed by atoms with E-state index in [-0.39, 0.29) is 39.0 Å². The van der Waals surface area contributed by atoms with Gasteiger partial charge in [-0.3, -0.25) is 33.7 Å². The third-order valence-electron chi connectivity index (χ3n) is 13.0. The number of unbranched alkanes of at least 4 members (excludes halogenated alkanes) is 5. The zero-order chi connectivity index (χ0) is 43.5. The number of benzene rings is 6. The summed E-state index contributed by atoms with van der Waals surface area (Å²) in [5, 5.41) is 1.99. The molecule has 0 atom stereocenters. The number of ether oxygens (including phenoxy) is 1. The van der Waals surface area contributed by atoms with Crippen molar-refractivity contribution in [3.63, 3.8) is 0 Å². The molecule has 6 aromatic rings. The summed E-state index contributed by atoms with van der Waals surface area (Å²) >= 11 is 0. The molecule has 12 heteroatoms. The maximum Gasteiger partial charge on any atom is 0.265 e. The summed E-state index contributed by atoms with van der Waals surface area (Å²) < 4.78 is 5.32. The molecule has 0 N–H and O–H groups in total. The fourth-order valence-electron chi connectivity index (χ4n) is 9.77. The van der Waals surface area contributed by atoms with Crippen LogP contribution in [0.25, 0.3) is 21.5 Å². The van der Waals surface area contributed by atoms with Gasteiger partial charge in [-0.1, -0.05) is 57.2 Å². The Morgan fingerprint density at radius 3 is 1.51 bits per heavy atom. The lowest BCUT2D eigenvalue weighted by molar-refractivity contribution is 0.0605. The molecule has 6 amide bonds. The Kier molecular flexibility index (Phi) is 10.0. The SMILES string of the molecule is CCCCCCCCN1C(=O)c2ccc3c4c(ccc(c24)C1=O)C(=O)N(c1cccc(N2C(=O)c4cccc5c(N6CCN(c7ccc(OC)cc7)CC6)ccc(c45)C2=O)c1)C3=O. The average molecular weight is 840 g/mol. The molecule has 0 radical (unpaired) electrons. The average Bonchev–Trinajstić information content (AvgIpc) is 3.31. The van der Waals surface area contributed by atoms with Crippen molar-refractivity contribution in [3.8, 4) is 5.75 Å². The van der Waals surface area contributed by atoms with E-state index in [2.05, 4.69) is 28.9 Å². The maximum atomic E-state index is 14.4.